The highest BCUT2D eigenvalue weighted by Gasteiger charge is 2.32. The van der Waals surface area contributed by atoms with Gasteiger partial charge in [-0.05, 0) is 24.7 Å². The second-order valence-electron chi connectivity index (χ2n) is 5.86. The van der Waals surface area contributed by atoms with Crippen LogP contribution in [-0.2, 0) is 4.74 Å². The van der Waals surface area contributed by atoms with Crippen LogP contribution in [0.1, 0.15) is 6.92 Å². The maximum Gasteiger partial charge on any atom is 0.414 e. The van der Waals surface area contributed by atoms with Crippen LogP contribution in [0.15, 0.2) is 18.2 Å². The Morgan fingerprint density at radius 1 is 1.30 bits per heavy atom. The first-order valence-electron chi connectivity index (χ1n) is 7.98. The maximum atomic E-state index is 14.5. The van der Waals surface area contributed by atoms with Crippen LogP contribution in [0.2, 0.25) is 0 Å². The molecule has 1 aromatic rings. The van der Waals surface area contributed by atoms with Gasteiger partial charge in [0, 0.05) is 26.2 Å². The van der Waals surface area contributed by atoms with E-state index in [1.165, 1.54) is 11.0 Å². The number of ether oxygens (including phenoxy) is 1. The quantitative estimate of drug-likeness (QED) is 0.905. The fourth-order valence-corrected chi connectivity index (χ4v) is 3.05. The largest absolute Gasteiger partial charge is 0.441 e. The zero-order chi connectivity index (χ0) is 16.4. The fraction of sp³-hybridized carbons (Fsp3) is 0.562. The molecule has 2 saturated heterocycles. The van der Waals surface area contributed by atoms with E-state index in [1.807, 2.05) is 4.90 Å². The van der Waals surface area contributed by atoms with Crippen LogP contribution in [0.5, 0.6) is 0 Å². The van der Waals surface area contributed by atoms with Crippen LogP contribution in [-0.4, -0.2) is 68.1 Å². The summed E-state index contributed by atoms with van der Waals surface area (Å²) < 4.78 is 19.5. The average Bonchev–Trinajstić information content (AvgIpc) is 2.96. The van der Waals surface area contributed by atoms with E-state index in [1.54, 1.807) is 12.1 Å². The predicted octanol–water partition coefficient (Wildman–Crippen LogP) is 1.29. The molecule has 2 aliphatic rings. The van der Waals surface area contributed by atoms with Gasteiger partial charge in [0.25, 0.3) is 0 Å². The molecule has 0 unspecified atom stereocenters. The number of aliphatic hydroxyl groups is 1. The number of nitrogens with zero attached hydrogens (tertiary/aromatic N) is 3. The molecule has 23 heavy (non-hydrogen) atoms. The lowest BCUT2D eigenvalue weighted by atomic mass is 10.2. The van der Waals surface area contributed by atoms with Crippen LogP contribution in [0.25, 0.3) is 0 Å². The topological polar surface area (TPSA) is 56.3 Å². The van der Waals surface area contributed by atoms with Crippen molar-refractivity contribution in [2.75, 3.05) is 55.7 Å². The molecule has 2 aliphatic heterocycles. The Bertz CT molecular complexity index is 576. The van der Waals surface area contributed by atoms with E-state index >= 15 is 0 Å². The normalized spacial score (nSPS) is 22.6. The van der Waals surface area contributed by atoms with Gasteiger partial charge < -0.3 is 19.6 Å². The zero-order valence-electron chi connectivity index (χ0n) is 13.2. The number of anilines is 2. The summed E-state index contributed by atoms with van der Waals surface area (Å²) >= 11 is 0. The Morgan fingerprint density at radius 2 is 2.04 bits per heavy atom. The highest BCUT2D eigenvalue weighted by Crippen LogP contribution is 2.28. The number of rotatable bonds is 4. The van der Waals surface area contributed by atoms with Crippen LogP contribution < -0.4 is 9.80 Å². The molecule has 0 bridgehead atoms. The molecular weight excluding hydrogens is 301 g/mol. The van der Waals surface area contributed by atoms with E-state index in [0.29, 0.717) is 11.4 Å². The standard InChI is InChI=1S/C16H22FN3O3/c1-2-18-5-7-19(8-6-18)15-4-3-12(9-14(15)17)20-10-13(11-21)23-16(20)22/h3-4,9,13,21H,2,5-8,10-11H2,1H3/t13-/m1/s1. The molecule has 1 atom stereocenters. The van der Waals surface area contributed by atoms with Crippen molar-refractivity contribution in [2.24, 2.45) is 0 Å². The van der Waals surface area contributed by atoms with E-state index in [2.05, 4.69) is 11.8 Å². The van der Waals surface area contributed by atoms with Gasteiger partial charge in [-0.25, -0.2) is 9.18 Å². The Labute approximate surface area is 135 Å². The minimum absolute atomic E-state index is 0.232. The van der Waals surface area contributed by atoms with Gasteiger partial charge in [-0.15, -0.1) is 0 Å². The molecule has 1 amide bonds. The molecule has 126 valence electrons. The minimum atomic E-state index is -0.549. The van der Waals surface area contributed by atoms with Crippen LogP contribution >= 0.6 is 0 Å². The van der Waals surface area contributed by atoms with E-state index in [-0.39, 0.29) is 19.0 Å². The molecule has 0 aromatic heterocycles. The van der Waals surface area contributed by atoms with Crippen molar-refractivity contribution in [3.8, 4) is 0 Å². The number of amides is 1. The maximum absolute atomic E-state index is 14.5. The third-order valence-electron chi connectivity index (χ3n) is 4.48. The number of piperazine rings is 1. The molecule has 2 fully saturated rings. The first-order chi connectivity index (χ1) is 11.1. The molecule has 1 aromatic carbocycles. The summed E-state index contributed by atoms with van der Waals surface area (Å²) in [5.74, 6) is -0.340. The molecule has 2 heterocycles. The van der Waals surface area contributed by atoms with Crippen LogP contribution in [0.3, 0.4) is 0 Å². The number of aliphatic hydroxyl groups excluding tert-OH is 1. The lowest BCUT2D eigenvalue weighted by molar-refractivity contribution is 0.0963. The van der Waals surface area contributed by atoms with E-state index < -0.39 is 12.2 Å². The van der Waals surface area contributed by atoms with Gasteiger partial charge in [0.05, 0.1) is 24.5 Å². The summed E-state index contributed by atoms with van der Waals surface area (Å²) in [6.07, 6.45) is -1.10. The van der Waals surface area contributed by atoms with Crippen molar-refractivity contribution in [2.45, 2.75) is 13.0 Å². The number of cyclic esters (lactones) is 1. The van der Waals surface area contributed by atoms with E-state index in [4.69, 9.17) is 9.84 Å². The first-order valence-corrected chi connectivity index (χ1v) is 7.98. The summed E-state index contributed by atoms with van der Waals surface area (Å²) in [6, 6.07) is 4.81. The molecular formula is C16H22FN3O3. The third kappa shape index (κ3) is 3.25. The number of carbonyl (C=O) groups excluding carboxylic acids is 1. The molecule has 3 rings (SSSR count). The lowest BCUT2D eigenvalue weighted by Crippen LogP contribution is -2.46. The van der Waals surface area contributed by atoms with Gasteiger partial charge >= 0.3 is 6.09 Å². The summed E-state index contributed by atoms with van der Waals surface area (Å²) in [7, 11) is 0. The minimum Gasteiger partial charge on any atom is -0.441 e. The highest BCUT2D eigenvalue weighted by molar-refractivity contribution is 5.90. The first kappa shape index (κ1) is 16.0. The molecule has 0 saturated carbocycles. The number of halogens is 1. The number of hydrogen-bond acceptors (Lipinski definition) is 5. The summed E-state index contributed by atoms with van der Waals surface area (Å²) in [5, 5.41) is 9.07. The summed E-state index contributed by atoms with van der Waals surface area (Å²) in [6.45, 7) is 6.58. The van der Waals surface area contributed by atoms with Gasteiger partial charge in [0.1, 0.15) is 11.9 Å². The molecule has 6 nitrogen and oxygen atoms in total. The Morgan fingerprint density at radius 3 is 2.61 bits per heavy atom. The monoisotopic (exact) mass is 323 g/mol. The average molecular weight is 323 g/mol. The molecule has 0 radical (unpaired) electrons. The molecule has 0 spiro atoms. The van der Waals surface area contributed by atoms with Crippen molar-refractivity contribution in [3.63, 3.8) is 0 Å². The van der Waals surface area contributed by atoms with Gasteiger partial charge in [0.15, 0.2) is 0 Å². The molecule has 0 aliphatic carbocycles. The van der Waals surface area contributed by atoms with Gasteiger partial charge in [-0.2, -0.15) is 0 Å². The number of likely N-dealkylation sites (N-methyl/N-ethyl adjacent to an activating group) is 1. The molecule has 7 heteroatoms. The Balaban J connectivity index is 1.73. The third-order valence-corrected chi connectivity index (χ3v) is 4.48. The number of hydrogen-bond donors (Lipinski definition) is 1. The fourth-order valence-electron chi connectivity index (χ4n) is 3.05. The SMILES string of the molecule is CCN1CCN(c2ccc(N3C[C@H](CO)OC3=O)cc2F)CC1. The van der Waals surface area contributed by atoms with Crippen molar-refractivity contribution < 1.29 is 19.0 Å². The second-order valence-corrected chi connectivity index (χ2v) is 5.86. The van der Waals surface area contributed by atoms with Gasteiger partial charge in [0.2, 0.25) is 0 Å². The van der Waals surface area contributed by atoms with Gasteiger partial charge in [-0.3, -0.25) is 4.90 Å². The van der Waals surface area contributed by atoms with Crippen molar-refractivity contribution in [3.05, 3.63) is 24.0 Å². The van der Waals surface area contributed by atoms with Crippen molar-refractivity contribution in [1.82, 2.24) is 4.90 Å². The van der Waals surface area contributed by atoms with Gasteiger partial charge in [-0.1, -0.05) is 6.92 Å². The summed E-state index contributed by atoms with van der Waals surface area (Å²) in [4.78, 5) is 17.5. The van der Waals surface area contributed by atoms with Crippen LogP contribution in [0, 0.1) is 5.82 Å². The summed E-state index contributed by atoms with van der Waals surface area (Å²) in [5.41, 5.74) is 1.02. The predicted molar refractivity (Wildman–Crippen MR) is 85.4 cm³/mol. The number of benzene rings is 1. The van der Waals surface area contributed by atoms with Crippen molar-refractivity contribution in [1.29, 1.82) is 0 Å². The Hall–Kier alpha value is -1.86. The molecule has 1 N–H and O–H groups in total. The highest BCUT2D eigenvalue weighted by atomic mass is 19.1. The van der Waals surface area contributed by atoms with Crippen LogP contribution in [0.4, 0.5) is 20.6 Å². The van der Waals surface area contributed by atoms with Crippen molar-refractivity contribution >= 4 is 17.5 Å². The second kappa shape index (κ2) is 6.72. The van der Waals surface area contributed by atoms with E-state index in [9.17, 15) is 9.18 Å². The lowest BCUT2D eigenvalue weighted by Gasteiger charge is -2.35. The smallest absolute Gasteiger partial charge is 0.414 e. The van der Waals surface area contributed by atoms with E-state index in [0.717, 1.165) is 32.7 Å². The Kier molecular flexibility index (Phi) is 4.68. The number of carbonyl (C=O) groups is 1. The zero-order valence-corrected chi connectivity index (χ0v) is 13.2.